The lowest BCUT2D eigenvalue weighted by molar-refractivity contribution is -0.255. The number of hydrogen-bond donors (Lipinski definition) is 1. The van der Waals surface area contributed by atoms with E-state index in [-0.39, 0.29) is 6.04 Å². The molecule has 4 heteroatoms. The zero-order chi connectivity index (χ0) is 12.0. The maximum absolute atomic E-state index is 4.99. The molecule has 1 atom stereocenters. The second-order valence-corrected chi connectivity index (χ2v) is 4.97. The van der Waals surface area contributed by atoms with Gasteiger partial charge < -0.3 is 0 Å². The fourth-order valence-corrected chi connectivity index (χ4v) is 1.28. The summed E-state index contributed by atoms with van der Waals surface area (Å²) in [6.45, 7) is 8.34. The van der Waals surface area contributed by atoms with E-state index >= 15 is 0 Å². The number of nitrogens with one attached hydrogen (secondary N) is 1. The minimum Gasteiger partial charge on any atom is -0.166 e. The van der Waals surface area contributed by atoms with Crippen molar-refractivity contribution in [2.24, 2.45) is 5.92 Å². The summed E-state index contributed by atoms with van der Waals surface area (Å²) < 4.78 is 4.99. The van der Waals surface area contributed by atoms with Crippen LogP contribution in [0.3, 0.4) is 0 Å². The van der Waals surface area contributed by atoms with Crippen molar-refractivity contribution in [1.82, 2.24) is 5.48 Å². The third-order valence-corrected chi connectivity index (χ3v) is 3.02. The fourth-order valence-electron chi connectivity index (χ4n) is 0.882. The average molecular weight is 241 g/mol. The first-order valence-corrected chi connectivity index (χ1v) is 6.16. The molecule has 90 valence electrons. The Hall–Kier alpha value is -0.550. The molecule has 0 heterocycles. The van der Waals surface area contributed by atoms with Gasteiger partial charge in [-0.3, -0.25) is 0 Å². The van der Waals surface area contributed by atoms with Crippen LogP contribution in [0, 0.1) is 12.8 Å². The molecule has 0 aromatic heterocycles. The van der Waals surface area contributed by atoms with E-state index in [0.29, 0.717) is 5.92 Å². The summed E-state index contributed by atoms with van der Waals surface area (Å²) in [5.74, 6) is 0.507. The molecule has 0 spiro atoms. The lowest BCUT2D eigenvalue weighted by atomic mass is 10.1. The second-order valence-electron chi connectivity index (χ2n) is 4.20. The van der Waals surface area contributed by atoms with Crippen LogP contribution in [0.2, 0.25) is 0 Å². The van der Waals surface area contributed by atoms with Gasteiger partial charge in [-0.15, -0.1) is 9.32 Å². The molecule has 0 aliphatic rings. The van der Waals surface area contributed by atoms with Crippen molar-refractivity contribution in [2.45, 2.75) is 38.6 Å². The van der Waals surface area contributed by atoms with Crippen LogP contribution in [0.25, 0.3) is 0 Å². The van der Waals surface area contributed by atoms with Crippen molar-refractivity contribution in [3.8, 4) is 0 Å². The maximum Gasteiger partial charge on any atom is 0.0702 e. The molecule has 3 nitrogen and oxygen atoms in total. The quantitative estimate of drug-likeness (QED) is 0.357. The molecule has 0 amide bonds. The molecule has 0 fully saturated rings. The summed E-state index contributed by atoms with van der Waals surface area (Å²) in [5, 5.41) is 0. The SMILES string of the molecule is Cc1ccc(SOONC(C)C(C)C)cc1. The Morgan fingerprint density at radius 2 is 1.75 bits per heavy atom. The Balaban J connectivity index is 2.18. The minimum atomic E-state index is 0.263. The molecule has 0 radical (unpaired) electrons. The van der Waals surface area contributed by atoms with E-state index in [1.54, 1.807) is 0 Å². The summed E-state index contributed by atoms with van der Waals surface area (Å²) in [5.41, 5.74) is 4.05. The van der Waals surface area contributed by atoms with Crippen LogP contribution in [0.4, 0.5) is 0 Å². The van der Waals surface area contributed by atoms with Crippen molar-refractivity contribution in [2.75, 3.05) is 0 Å². The molecule has 1 aromatic carbocycles. The normalized spacial score (nSPS) is 13.1. The molecule has 0 aliphatic carbocycles. The zero-order valence-electron chi connectivity index (χ0n) is 10.2. The topological polar surface area (TPSA) is 30.5 Å². The van der Waals surface area contributed by atoms with Crippen molar-refractivity contribution in [3.05, 3.63) is 29.8 Å². The summed E-state index contributed by atoms with van der Waals surface area (Å²) in [6.07, 6.45) is 0. The predicted octanol–water partition coefficient (Wildman–Crippen LogP) is 3.50. The molecule has 0 saturated carbocycles. The first-order valence-electron chi connectivity index (χ1n) is 5.42. The monoisotopic (exact) mass is 241 g/mol. The van der Waals surface area contributed by atoms with Crippen LogP contribution >= 0.6 is 12.0 Å². The number of hydroxylamine groups is 1. The molecule has 1 aromatic rings. The lowest BCUT2D eigenvalue weighted by Crippen LogP contribution is -2.30. The predicted molar refractivity (Wildman–Crippen MR) is 66.6 cm³/mol. The van der Waals surface area contributed by atoms with Crippen molar-refractivity contribution >= 4 is 12.0 Å². The Morgan fingerprint density at radius 3 is 2.31 bits per heavy atom. The minimum absolute atomic E-state index is 0.263. The highest BCUT2D eigenvalue weighted by Gasteiger charge is 2.06. The fraction of sp³-hybridized carbons (Fsp3) is 0.500. The van der Waals surface area contributed by atoms with Gasteiger partial charge in [-0.1, -0.05) is 31.5 Å². The maximum atomic E-state index is 4.99. The molecule has 0 bridgehead atoms. The first-order chi connectivity index (χ1) is 7.59. The van der Waals surface area contributed by atoms with Gasteiger partial charge in [0.2, 0.25) is 0 Å². The van der Waals surface area contributed by atoms with Gasteiger partial charge in [0.15, 0.2) is 0 Å². The molecular weight excluding hydrogens is 222 g/mol. The number of rotatable bonds is 6. The van der Waals surface area contributed by atoms with E-state index in [2.05, 4.69) is 26.3 Å². The van der Waals surface area contributed by atoms with Crippen LogP contribution in [-0.2, 0) is 9.32 Å². The van der Waals surface area contributed by atoms with Gasteiger partial charge in [-0.2, -0.15) is 5.48 Å². The van der Waals surface area contributed by atoms with Gasteiger partial charge in [0.25, 0.3) is 0 Å². The van der Waals surface area contributed by atoms with Crippen LogP contribution in [-0.4, -0.2) is 6.04 Å². The molecule has 1 unspecified atom stereocenters. The van der Waals surface area contributed by atoms with E-state index in [0.717, 1.165) is 4.90 Å². The van der Waals surface area contributed by atoms with E-state index in [4.69, 9.17) is 9.32 Å². The highest BCUT2D eigenvalue weighted by atomic mass is 32.2. The Labute approximate surface area is 102 Å². The summed E-state index contributed by atoms with van der Waals surface area (Å²) in [4.78, 5) is 5.92. The van der Waals surface area contributed by atoms with Gasteiger partial charge in [-0.25, -0.2) is 0 Å². The Kier molecular flexibility index (Phi) is 5.84. The standard InChI is InChI=1S/C12H19NO2S/c1-9(2)11(4)13-14-15-16-12-7-5-10(3)6-8-12/h5-9,11,13H,1-4H3. The summed E-state index contributed by atoms with van der Waals surface area (Å²) in [7, 11) is 0. The van der Waals surface area contributed by atoms with Crippen LogP contribution in [0.15, 0.2) is 29.2 Å². The lowest BCUT2D eigenvalue weighted by Gasteiger charge is -2.15. The molecule has 0 saturated heterocycles. The highest BCUT2D eigenvalue weighted by Crippen LogP contribution is 2.19. The van der Waals surface area contributed by atoms with E-state index < -0.39 is 0 Å². The number of benzene rings is 1. The Morgan fingerprint density at radius 1 is 1.12 bits per heavy atom. The van der Waals surface area contributed by atoms with Gasteiger partial charge in [0.05, 0.1) is 12.0 Å². The third-order valence-electron chi connectivity index (χ3n) is 2.42. The van der Waals surface area contributed by atoms with Gasteiger partial charge in [0, 0.05) is 10.9 Å². The number of hydrogen-bond acceptors (Lipinski definition) is 4. The zero-order valence-corrected chi connectivity index (χ0v) is 11.0. The van der Waals surface area contributed by atoms with Crippen molar-refractivity contribution in [1.29, 1.82) is 0 Å². The average Bonchev–Trinajstić information content (AvgIpc) is 2.26. The largest absolute Gasteiger partial charge is 0.166 e. The number of aryl methyl sites for hydroxylation is 1. The third kappa shape index (κ3) is 4.99. The van der Waals surface area contributed by atoms with Crippen LogP contribution in [0.5, 0.6) is 0 Å². The van der Waals surface area contributed by atoms with Gasteiger partial charge in [0.1, 0.15) is 0 Å². The van der Waals surface area contributed by atoms with E-state index in [9.17, 15) is 0 Å². The summed E-state index contributed by atoms with van der Waals surface area (Å²) >= 11 is 1.20. The Bertz CT molecular complexity index is 300. The van der Waals surface area contributed by atoms with Gasteiger partial charge >= 0.3 is 0 Å². The van der Waals surface area contributed by atoms with Crippen molar-refractivity contribution in [3.63, 3.8) is 0 Å². The van der Waals surface area contributed by atoms with Crippen molar-refractivity contribution < 1.29 is 9.32 Å². The summed E-state index contributed by atoms with van der Waals surface area (Å²) in [6, 6.07) is 8.33. The van der Waals surface area contributed by atoms with Crippen LogP contribution in [0.1, 0.15) is 26.3 Å². The first kappa shape index (κ1) is 13.5. The highest BCUT2D eigenvalue weighted by molar-refractivity contribution is 7.94. The molecule has 1 N–H and O–H groups in total. The molecule has 0 aliphatic heterocycles. The smallest absolute Gasteiger partial charge is 0.0702 e. The van der Waals surface area contributed by atoms with E-state index in [1.807, 2.05) is 31.2 Å². The molecular formula is C12H19NO2S. The molecule has 16 heavy (non-hydrogen) atoms. The van der Waals surface area contributed by atoms with E-state index in [1.165, 1.54) is 17.6 Å². The second kappa shape index (κ2) is 6.91. The van der Waals surface area contributed by atoms with Crippen LogP contribution < -0.4 is 5.48 Å². The van der Waals surface area contributed by atoms with Gasteiger partial charge in [-0.05, 0) is 31.9 Å². The molecule has 1 rings (SSSR count).